The molecular weight excluding hydrogens is 248 g/mol. The molecule has 2 nitrogen and oxygen atoms in total. The lowest BCUT2D eigenvalue weighted by Gasteiger charge is -2.09. The molecule has 0 fully saturated rings. The molecule has 96 valence electrons. The van der Waals surface area contributed by atoms with Crippen molar-refractivity contribution in [2.75, 3.05) is 0 Å². The smallest absolute Gasteiger partial charge is 0.298 e. The van der Waals surface area contributed by atoms with Crippen LogP contribution in [0, 0.1) is 0 Å². The molecule has 0 atom stereocenters. The van der Waals surface area contributed by atoms with Crippen molar-refractivity contribution in [2.45, 2.75) is 6.42 Å². The minimum Gasteiger partial charge on any atom is -0.428 e. The Morgan fingerprint density at radius 1 is 0.900 bits per heavy atom. The Balaban J connectivity index is 2.06. The second kappa shape index (κ2) is 4.20. The van der Waals surface area contributed by atoms with Crippen LogP contribution in [0.15, 0.2) is 54.6 Å². The average molecular weight is 260 g/mol. The first-order chi connectivity index (χ1) is 9.88. The van der Waals surface area contributed by atoms with Gasteiger partial charge in [0, 0.05) is 5.39 Å². The summed E-state index contributed by atoms with van der Waals surface area (Å²) >= 11 is 0. The van der Waals surface area contributed by atoms with E-state index in [9.17, 15) is 4.79 Å². The van der Waals surface area contributed by atoms with E-state index in [2.05, 4.69) is 42.5 Å². The van der Waals surface area contributed by atoms with Crippen LogP contribution in [-0.4, -0.2) is 6.47 Å². The fourth-order valence-corrected chi connectivity index (χ4v) is 3.13. The number of rotatable bonds is 2. The van der Waals surface area contributed by atoms with Gasteiger partial charge in [0.1, 0.15) is 5.75 Å². The van der Waals surface area contributed by atoms with Crippen LogP contribution in [-0.2, 0) is 11.2 Å². The van der Waals surface area contributed by atoms with Gasteiger partial charge in [0.05, 0.1) is 0 Å². The van der Waals surface area contributed by atoms with Crippen molar-refractivity contribution in [3.8, 4) is 16.9 Å². The predicted molar refractivity (Wildman–Crippen MR) is 78.9 cm³/mol. The third-order valence-electron chi connectivity index (χ3n) is 3.96. The zero-order valence-electron chi connectivity index (χ0n) is 10.8. The van der Waals surface area contributed by atoms with Gasteiger partial charge in [0.2, 0.25) is 0 Å². The van der Waals surface area contributed by atoms with Gasteiger partial charge in [0.25, 0.3) is 6.47 Å². The Kier molecular flexibility index (Phi) is 2.36. The van der Waals surface area contributed by atoms with Crippen molar-refractivity contribution >= 4 is 17.2 Å². The van der Waals surface area contributed by atoms with Crippen LogP contribution in [0.3, 0.4) is 0 Å². The average Bonchev–Trinajstić information content (AvgIpc) is 2.86. The lowest BCUT2D eigenvalue weighted by molar-refractivity contribution is -0.120. The molecule has 0 spiro atoms. The monoisotopic (exact) mass is 260 g/mol. The highest BCUT2D eigenvalue weighted by Gasteiger charge is 2.21. The maximum Gasteiger partial charge on any atom is 0.298 e. The van der Waals surface area contributed by atoms with Gasteiger partial charge in [-0.3, -0.25) is 4.79 Å². The minimum atomic E-state index is 0.496. The van der Waals surface area contributed by atoms with Gasteiger partial charge in [0.15, 0.2) is 0 Å². The molecular formula is C18H12O2. The standard InChI is InChI=1S/C18H12O2/c19-11-20-17-7-3-5-12-8-9-15-14-6-2-1-4-13(14)10-16(15)18(12)17/h1-9,11H,10H2. The minimum absolute atomic E-state index is 0.496. The zero-order chi connectivity index (χ0) is 13.5. The molecule has 4 rings (SSSR count). The molecule has 3 aromatic carbocycles. The van der Waals surface area contributed by atoms with Gasteiger partial charge in [-0.1, -0.05) is 48.5 Å². The van der Waals surface area contributed by atoms with Crippen molar-refractivity contribution in [1.29, 1.82) is 0 Å². The molecule has 0 aliphatic heterocycles. The molecule has 0 saturated carbocycles. The first-order valence-corrected chi connectivity index (χ1v) is 6.61. The zero-order valence-corrected chi connectivity index (χ0v) is 10.8. The normalized spacial score (nSPS) is 12.0. The summed E-state index contributed by atoms with van der Waals surface area (Å²) in [5.41, 5.74) is 5.11. The third-order valence-corrected chi connectivity index (χ3v) is 3.96. The van der Waals surface area contributed by atoms with Gasteiger partial charge in [-0.25, -0.2) is 0 Å². The summed E-state index contributed by atoms with van der Waals surface area (Å²) < 4.78 is 5.16. The fraction of sp³-hybridized carbons (Fsp3) is 0.0556. The van der Waals surface area contributed by atoms with Gasteiger partial charge in [-0.05, 0) is 40.1 Å². The molecule has 0 unspecified atom stereocenters. The molecule has 0 aromatic heterocycles. The van der Waals surface area contributed by atoms with E-state index in [-0.39, 0.29) is 0 Å². The second-order valence-corrected chi connectivity index (χ2v) is 4.99. The number of ether oxygens (including phenoxy) is 1. The van der Waals surface area contributed by atoms with E-state index in [4.69, 9.17) is 4.74 Å². The lowest BCUT2D eigenvalue weighted by atomic mass is 9.98. The number of benzene rings is 3. The molecule has 0 heterocycles. The van der Waals surface area contributed by atoms with Crippen LogP contribution in [0.5, 0.6) is 5.75 Å². The van der Waals surface area contributed by atoms with Crippen molar-refractivity contribution < 1.29 is 9.53 Å². The molecule has 0 saturated heterocycles. The maximum absolute atomic E-state index is 10.7. The molecule has 1 aliphatic carbocycles. The summed E-state index contributed by atoms with van der Waals surface area (Å²) in [7, 11) is 0. The van der Waals surface area contributed by atoms with E-state index in [0.717, 1.165) is 17.2 Å². The number of hydrogen-bond acceptors (Lipinski definition) is 2. The van der Waals surface area contributed by atoms with E-state index < -0.39 is 0 Å². The number of carbonyl (C=O) groups excluding carboxylic acids is 1. The van der Waals surface area contributed by atoms with Gasteiger partial charge in [-0.2, -0.15) is 0 Å². The van der Waals surface area contributed by atoms with Crippen LogP contribution in [0.1, 0.15) is 11.1 Å². The van der Waals surface area contributed by atoms with Crippen LogP contribution in [0.4, 0.5) is 0 Å². The highest BCUT2D eigenvalue weighted by atomic mass is 16.5. The fourth-order valence-electron chi connectivity index (χ4n) is 3.13. The Hall–Kier alpha value is -2.61. The molecule has 0 bridgehead atoms. The summed E-state index contributed by atoms with van der Waals surface area (Å²) in [4.78, 5) is 10.7. The molecule has 1 aliphatic rings. The van der Waals surface area contributed by atoms with E-state index in [1.807, 2.05) is 12.1 Å². The van der Waals surface area contributed by atoms with Crippen LogP contribution in [0.25, 0.3) is 21.9 Å². The van der Waals surface area contributed by atoms with Crippen molar-refractivity contribution in [3.63, 3.8) is 0 Å². The molecule has 3 aromatic rings. The van der Waals surface area contributed by atoms with Crippen molar-refractivity contribution in [1.82, 2.24) is 0 Å². The Bertz CT molecular complexity index is 834. The largest absolute Gasteiger partial charge is 0.428 e. The van der Waals surface area contributed by atoms with Gasteiger partial charge < -0.3 is 4.74 Å². The summed E-state index contributed by atoms with van der Waals surface area (Å²) in [5, 5.41) is 2.16. The second-order valence-electron chi connectivity index (χ2n) is 4.99. The first kappa shape index (κ1) is 11.2. The topological polar surface area (TPSA) is 26.3 Å². The summed E-state index contributed by atoms with van der Waals surface area (Å²) in [6.07, 6.45) is 0.891. The van der Waals surface area contributed by atoms with E-state index in [1.54, 1.807) is 0 Å². The summed E-state index contributed by atoms with van der Waals surface area (Å²) in [6.45, 7) is 0.496. The van der Waals surface area contributed by atoms with Crippen LogP contribution in [0.2, 0.25) is 0 Å². The van der Waals surface area contributed by atoms with Gasteiger partial charge in [-0.15, -0.1) is 0 Å². The van der Waals surface area contributed by atoms with Crippen molar-refractivity contribution in [2.24, 2.45) is 0 Å². The number of fused-ring (bicyclic) bond motifs is 5. The summed E-state index contributed by atoms with van der Waals surface area (Å²) in [5.74, 6) is 0.641. The van der Waals surface area contributed by atoms with Crippen molar-refractivity contribution in [3.05, 3.63) is 65.7 Å². The van der Waals surface area contributed by atoms with Gasteiger partial charge >= 0.3 is 0 Å². The predicted octanol–water partition coefficient (Wildman–Crippen LogP) is 3.95. The number of hydrogen-bond donors (Lipinski definition) is 0. The lowest BCUT2D eigenvalue weighted by Crippen LogP contribution is -1.93. The highest BCUT2D eigenvalue weighted by Crippen LogP contribution is 2.42. The number of carbonyl (C=O) groups is 1. The van der Waals surface area contributed by atoms with Crippen LogP contribution < -0.4 is 4.74 Å². The maximum atomic E-state index is 10.7. The molecule has 0 radical (unpaired) electrons. The van der Waals surface area contributed by atoms with Crippen LogP contribution >= 0.6 is 0 Å². The molecule has 0 amide bonds. The molecule has 2 heteroatoms. The van der Waals surface area contributed by atoms with E-state index in [0.29, 0.717) is 12.2 Å². The molecule has 20 heavy (non-hydrogen) atoms. The Morgan fingerprint density at radius 3 is 2.70 bits per heavy atom. The quantitative estimate of drug-likeness (QED) is 0.510. The molecule has 0 N–H and O–H groups in total. The van der Waals surface area contributed by atoms with E-state index >= 15 is 0 Å². The van der Waals surface area contributed by atoms with E-state index in [1.165, 1.54) is 22.3 Å². The third kappa shape index (κ3) is 1.48. The highest BCUT2D eigenvalue weighted by molar-refractivity contribution is 5.99. The Labute approximate surface area is 116 Å². The first-order valence-electron chi connectivity index (χ1n) is 6.61. The summed E-state index contributed by atoms with van der Waals surface area (Å²) in [6, 6.07) is 18.5. The Morgan fingerprint density at radius 2 is 1.80 bits per heavy atom. The SMILES string of the molecule is O=COc1cccc2ccc3c(c12)Cc1ccccc1-3.